The van der Waals surface area contributed by atoms with Gasteiger partial charge in [-0.1, -0.05) is 39.0 Å². The van der Waals surface area contributed by atoms with Gasteiger partial charge in [0.25, 0.3) is 0 Å². The Labute approximate surface area is 127 Å². The Morgan fingerprint density at radius 3 is 2.43 bits per heavy atom. The van der Waals surface area contributed by atoms with Crippen molar-refractivity contribution < 1.29 is 4.74 Å². The highest BCUT2D eigenvalue weighted by Crippen LogP contribution is 2.35. The summed E-state index contributed by atoms with van der Waals surface area (Å²) in [6.07, 6.45) is 0. The summed E-state index contributed by atoms with van der Waals surface area (Å²) >= 11 is 0. The first-order chi connectivity index (χ1) is 9.81. The van der Waals surface area contributed by atoms with E-state index in [4.69, 9.17) is 10.5 Å². The van der Waals surface area contributed by atoms with Crippen LogP contribution in [0.4, 0.5) is 0 Å². The van der Waals surface area contributed by atoms with Crippen LogP contribution >= 0.6 is 0 Å². The molecule has 0 saturated heterocycles. The fraction of sp³-hybridized carbons (Fsp3) is 0.389. The van der Waals surface area contributed by atoms with Crippen molar-refractivity contribution >= 4 is 0 Å². The molecule has 1 aromatic carbocycles. The van der Waals surface area contributed by atoms with Gasteiger partial charge in [-0.05, 0) is 37.0 Å². The molecule has 0 spiro atoms. The van der Waals surface area contributed by atoms with E-state index in [1.54, 1.807) is 0 Å². The topological polar surface area (TPSA) is 48.1 Å². The second-order valence-corrected chi connectivity index (χ2v) is 6.47. The zero-order chi connectivity index (χ0) is 15.6. The molecule has 2 N–H and O–H groups in total. The molecule has 0 unspecified atom stereocenters. The van der Waals surface area contributed by atoms with Crippen molar-refractivity contribution in [2.24, 2.45) is 5.73 Å². The number of nitrogens with zero attached hydrogens (tertiary/aromatic N) is 1. The van der Waals surface area contributed by atoms with E-state index in [0.717, 1.165) is 17.0 Å². The van der Waals surface area contributed by atoms with E-state index < -0.39 is 0 Å². The van der Waals surface area contributed by atoms with Gasteiger partial charge in [0.05, 0.1) is 0 Å². The van der Waals surface area contributed by atoms with Crippen LogP contribution in [0.15, 0.2) is 30.3 Å². The zero-order valence-electron chi connectivity index (χ0n) is 13.5. The summed E-state index contributed by atoms with van der Waals surface area (Å²) in [6.45, 7) is 11.0. The zero-order valence-corrected chi connectivity index (χ0v) is 13.5. The van der Waals surface area contributed by atoms with Crippen molar-refractivity contribution in [1.29, 1.82) is 0 Å². The van der Waals surface area contributed by atoms with E-state index in [1.807, 2.05) is 19.1 Å². The van der Waals surface area contributed by atoms with Crippen LogP contribution in [0.2, 0.25) is 0 Å². The smallest absolute Gasteiger partial charge is 0.223 e. The van der Waals surface area contributed by atoms with Crippen molar-refractivity contribution in [2.45, 2.75) is 46.6 Å². The van der Waals surface area contributed by atoms with Crippen molar-refractivity contribution in [3.63, 3.8) is 0 Å². The van der Waals surface area contributed by atoms with E-state index in [0.29, 0.717) is 12.4 Å². The monoisotopic (exact) mass is 284 g/mol. The summed E-state index contributed by atoms with van der Waals surface area (Å²) in [4.78, 5) is 4.49. The van der Waals surface area contributed by atoms with Gasteiger partial charge in [0, 0.05) is 23.4 Å². The Bertz CT molecular complexity index is 642. The molecule has 0 aliphatic heterocycles. The van der Waals surface area contributed by atoms with Gasteiger partial charge in [-0.25, -0.2) is 4.98 Å². The SMILES string of the molecule is Cc1ccc(C(C)(C)C)c(Oc2nc(C)ccc2CN)c1. The van der Waals surface area contributed by atoms with Crippen molar-refractivity contribution in [1.82, 2.24) is 4.98 Å². The minimum atomic E-state index is 0.00966. The highest BCUT2D eigenvalue weighted by Gasteiger charge is 2.20. The maximum atomic E-state index is 6.13. The van der Waals surface area contributed by atoms with Crippen molar-refractivity contribution in [2.75, 3.05) is 0 Å². The van der Waals surface area contributed by atoms with Gasteiger partial charge >= 0.3 is 0 Å². The Morgan fingerprint density at radius 1 is 1.10 bits per heavy atom. The lowest BCUT2D eigenvalue weighted by atomic mass is 9.86. The molecule has 0 aliphatic rings. The standard InChI is InChI=1S/C18H24N2O/c1-12-6-9-15(18(3,4)5)16(10-12)21-17-14(11-19)8-7-13(2)20-17/h6-10H,11,19H2,1-5H3. The normalized spacial score (nSPS) is 11.5. The Kier molecular flexibility index (Phi) is 4.33. The van der Waals surface area contributed by atoms with E-state index in [9.17, 15) is 0 Å². The first-order valence-corrected chi connectivity index (χ1v) is 7.27. The van der Waals surface area contributed by atoms with Crippen LogP contribution in [0.1, 0.15) is 43.2 Å². The number of nitrogens with two attached hydrogens (primary N) is 1. The number of aryl methyl sites for hydroxylation is 2. The molecule has 0 atom stereocenters. The summed E-state index contributed by atoms with van der Waals surface area (Å²) in [7, 11) is 0. The molecule has 0 bridgehead atoms. The second-order valence-electron chi connectivity index (χ2n) is 6.47. The Morgan fingerprint density at radius 2 is 1.81 bits per heavy atom. The first-order valence-electron chi connectivity index (χ1n) is 7.27. The third-order valence-corrected chi connectivity index (χ3v) is 3.45. The van der Waals surface area contributed by atoms with Gasteiger partial charge in [-0.2, -0.15) is 0 Å². The predicted molar refractivity (Wildman–Crippen MR) is 86.8 cm³/mol. The van der Waals surface area contributed by atoms with Crippen LogP contribution in [-0.2, 0) is 12.0 Å². The molecule has 112 valence electrons. The minimum absolute atomic E-state index is 0.00966. The molecular formula is C18H24N2O. The predicted octanol–water partition coefficient (Wildman–Crippen LogP) is 4.25. The summed E-state index contributed by atoms with van der Waals surface area (Å²) in [6, 6.07) is 10.2. The molecule has 21 heavy (non-hydrogen) atoms. The lowest BCUT2D eigenvalue weighted by molar-refractivity contribution is 0.433. The van der Waals surface area contributed by atoms with Crippen molar-refractivity contribution in [3.8, 4) is 11.6 Å². The molecule has 2 aromatic rings. The second kappa shape index (κ2) is 5.86. The van der Waals surface area contributed by atoms with Crippen molar-refractivity contribution in [3.05, 3.63) is 52.7 Å². The van der Waals surface area contributed by atoms with E-state index in [1.165, 1.54) is 11.1 Å². The molecule has 3 heteroatoms. The number of hydrogen-bond donors (Lipinski definition) is 1. The molecule has 0 amide bonds. The third-order valence-electron chi connectivity index (χ3n) is 3.45. The quantitative estimate of drug-likeness (QED) is 0.916. The van der Waals surface area contributed by atoms with E-state index in [-0.39, 0.29) is 5.41 Å². The number of ether oxygens (including phenoxy) is 1. The Balaban J connectivity index is 2.49. The molecule has 1 aromatic heterocycles. The Hall–Kier alpha value is -1.87. The average Bonchev–Trinajstić information content (AvgIpc) is 2.37. The van der Waals surface area contributed by atoms with E-state index >= 15 is 0 Å². The highest BCUT2D eigenvalue weighted by molar-refractivity contribution is 5.44. The summed E-state index contributed by atoms with van der Waals surface area (Å²) in [5, 5.41) is 0. The van der Waals surface area contributed by atoms with Gasteiger partial charge < -0.3 is 10.5 Å². The average molecular weight is 284 g/mol. The maximum absolute atomic E-state index is 6.13. The minimum Gasteiger partial charge on any atom is -0.438 e. The van der Waals surface area contributed by atoms with Crippen LogP contribution in [0.5, 0.6) is 11.6 Å². The molecular weight excluding hydrogens is 260 g/mol. The number of hydrogen-bond acceptors (Lipinski definition) is 3. The number of pyridine rings is 1. The summed E-state index contributed by atoms with van der Waals surface area (Å²) in [5.41, 5.74) is 9.97. The maximum Gasteiger partial charge on any atom is 0.223 e. The van der Waals surface area contributed by atoms with Gasteiger partial charge in [0.15, 0.2) is 0 Å². The number of benzene rings is 1. The fourth-order valence-electron chi connectivity index (χ4n) is 2.24. The van der Waals surface area contributed by atoms with Gasteiger partial charge in [0.2, 0.25) is 5.88 Å². The molecule has 1 heterocycles. The van der Waals surface area contributed by atoms with E-state index in [2.05, 4.69) is 50.9 Å². The van der Waals surface area contributed by atoms with Crippen LogP contribution in [-0.4, -0.2) is 4.98 Å². The molecule has 3 nitrogen and oxygen atoms in total. The molecule has 0 radical (unpaired) electrons. The lowest BCUT2D eigenvalue weighted by Gasteiger charge is -2.23. The summed E-state index contributed by atoms with van der Waals surface area (Å²) in [5.74, 6) is 1.46. The largest absolute Gasteiger partial charge is 0.438 e. The lowest BCUT2D eigenvalue weighted by Crippen LogP contribution is -2.13. The van der Waals surface area contributed by atoms with Gasteiger partial charge in [-0.15, -0.1) is 0 Å². The van der Waals surface area contributed by atoms with Crippen LogP contribution in [0, 0.1) is 13.8 Å². The molecule has 0 aliphatic carbocycles. The number of aromatic nitrogens is 1. The van der Waals surface area contributed by atoms with Crippen LogP contribution < -0.4 is 10.5 Å². The van der Waals surface area contributed by atoms with Crippen LogP contribution in [0.25, 0.3) is 0 Å². The third kappa shape index (κ3) is 3.61. The van der Waals surface area contributed by atoms with Gasteiger partial charge in [0.1, 0.15) is 5.75 Å². The fourth-order valence-corrected chi connectivity index (χ4v) is 2.24. The molecule has 0 saturated carbocycles. The highest BCUT2D eigenvalue weighted by atomic mass is 16.5. The van der Waals surface area contributed by atoms with Gasteiger partial charge in [-0.3, -0.25) is 0 Å². The molecule has 0 fully saturated rings. The summed E-state index contributed by atoms with van der Waals surface area (Å²) < 4.78 is 6.13. The van der Waals surface area contributed by atoms with Crippen LogP contribution in [0.3, 0.4) is 0 Å². The molecule has 2 rings (SSSR count). The first kappa shape index (κ1) is 15.5. The number of rotatable bonds is 3.